The van der Waals surface area contributed by atoms with Crippen molar-refractivity contribution in [2.75, 3.05) is 0 Å². The highest BCUT2D eigenvalue weighted by molar-refractivity contribution is 5.94. The molecule has 1 amide bonds. The molecule has 0 spiro atoms. The summed E-state index contributed by atoms with van der Waals surface area (Å²) in [6.07, 6.45) is -6.52. The number of halogens is 4. The Kier molecular flexibility index (Phi) is 9.98. The Hall–Kier alpha value is -3.84. The van der Waals surface area contributed by atoms with Crippen LogP contribution >= 0.6 is 0 Å². The van der Waals surface area contributed by atoms with Crippen LogP contribution in [0.3, 0.4) is 0 Å². The van der Waals surface area contributed by atoms with Crippen LogP contribution in [0.5, 0.6) is 0 Å². The Balaban J connectivity index is 1.88. The van der Waals surface area contributed by atoms with Crippen molar-refractivity contribution in [1.29, 1.82) is 0 Å². The zero-order valence-electron chi connectivity index (χ0n) is 21.8. The number of alkyl halides is 3. The van der Waals surface area contributed by atoms with E-state index in [-0.39, 0.29) is 43.1 Å². The van der Waals surface area contributed by atoms with Crippen LogP contribution in [0.25, 0.3) is 5.69 Å². The van der Waals surface area contributed by atoms with Gasteiger partial charge in [0.15, 0.2) is 5.69 Å². The molecule has 216 valence electrons. The Labute approximate surface area is 227 Å². The van der Waals surface area contributed by atoms with Crippen molar-refractivity contribution in [3.8, 4) is 5.69 Å². The van der Waals surface area contributed by atoms with Crippen molar-refractivity contribution >= 4 is 11.9 Å². The van der Waals surface area contributed by atoms with Crippen molar-refractivity contribution < 1.29 is 42.5 Å². The van der Waals surface area contributed by atoms with Gasteiger partial charge in [0.2, 0.25) is 0 Å². The van der Waals surface area contributed by atoms with Gasteiger partial charge in [-0.3, -0.25) is 14.6 Å². The first-order chi connectivity index (χ1) is 18.8. The maximum Gasteiger partial charge on any atom is 0.417 e. The summed E-state index contributed by atoms with van der Waals surface area (Å²) < 4.78 is 53.5. The van der Waals surface area contributed by atoms with Gasteiger partial charge in [0.25, 0.3) is 5.91 Å². The number of carbonyl (C=O) groups excluding carboxylic acids is 1. The monoisotopic (exact) mass is 566 g/mol. The molecule has 0 radical (unpaired) electrons. The number of carboxylic acids is 1. The number of aromatic nitrogens is 3. The van der Waals surface area contributed by atoms with Gasteiger partial charge in [0, 0.05) is 17.5 Å². The van der Waals surface area contributed by atoms with Crippen molar-refractivity contribution in [2.45, 2.75) is 70.4 Å². The fourth-order valence-corrected chi connectivity index (χ4v) is 4.25. The lowest BCUT2D eigenvalue weighted by molar-refractivity contribution is -0.140. The van der Waals surface area contributed by atoms with Gasteiger partial charge in [-0.25, -0.2) is 9.07 Å². The Morgan fingerprint density at radius 3 is 2.27 bits per heavy atom. The van der Waals surface area contributed by atoms with Crippen molar-refractivity contribution in [3.63, 3.8) is 0 Å². The third-order valence-corrected chi connectivity index (χ3v) is 6.14. The van der Waals surface area contributed by atoms with Gasteiger partial charge in [-0.15, -0.1) is 0 Å². The summed E-state index contributed by atoms with van der Waals surface area (Å²) >= 11 is 0. The maximum atomic E-state index is 13.6. The third-order valence-electron chi connectivity index (χ3n) is 6.14. The average Bonchev–Trinajstić information content (AvgIpc) is 3.25. The minimum atomic E-state index is -4.54. The van der Waals surface area contributed by atoms with Gasteiger partial charge in [-0.05, 0) is 61.6 Å². The molecule has 3 aromatic rings. The zero-order chi connectivity index (χ0) is 29.6. The number of benzene rings is 1. The van der Waals surface area contributed by atoms with Crippen LogP contribution in [-0.2, 0) is 23.9 Å². The van der Waals surface area contributed by atoms with E-state index >= 15 is 0 Å². The summed E-state index contributed by atoms with van der Waals surface area (Å²) in [5.41, 5.74) is 0.870. The molecule has 2 aromatic heterocycles. The topological polar surface area (TPSA) is 138 Å². The van der Waals surface area contributed by atoms with E-state index in [0.29, 0.717) is 23.1 Å². The summed E-state index contributed by atoms with van der Waals surface area (Å²) in [6, 6.07) is 7.42. The van der Waals surface area contributed by atoms with Gasteiger partial charge in [-0.2, -0.15) is 18.3 Å². The fraction of sp³-hybridized carbons (Fsp3) is 0.407. The van der Waals surface area contributed by atoms with E-state index in [1.54, 1.807) is 0 Å². The second kappa shape index (κ2) is 13.0. The Morgan fingerprint density at radius 1 is 1.05 bits per heavy atom. The van der Waals surface area contributed by atoms with E-state index in [2.05, 4.69) is 15.4 Å². The van der Waals surface area contributed by atoms with Gasteiger partial charge in [0.1, 0.15) is 5.82 Å². The molecule has 0 unspecified atom stereocenters. The third kappa shape index (κ3) is 8.09. The number of pyridine rings is 1. The van der Waals surface area contributed by atoms with E-state index in [1.807, 2.05) is 13.8 Å². The molecule has 3 rings (SSSR count). The molecular weight excluding hydrogens is 536 g/mol. The highest BCUT2D eigenvalue weighted by atomic mass is 19.4. The number of aliphatic carboxylic acids is 1. The van der Waals surface area contributed by atoms with Gasteiger partial charge >= 0.3 is 12.1 Å². The highest BCUT2D eigenvalue weighted by Crippen LogP contribution is 2.30. The average molecular weight is 567 g/mol. The van der Waals surface area contributed by atoms with Crippen LogP contribution in [0.4, 0.5) is 17.6 Å². The number of nitrogens with zero attached hydrogens (tertiary/aromatic N) is 3. The zero-order valence-corrected chi connectivity index (χ0v) is 21.8. The summed E-state index contributed by atoms with van der Waals surface area (Å²) in [5, 5.41) is 36.2. The maximum absolute atomic E-state index is 13.6. The molecule has 0 aliphatic heterocycles. The molecular formula is C27H30F4N4O5. The quantitative estimate of drug-likeness (QED) is 0.243. The number of aliphatic hydroxyl groups excluding tert-OH is 2. The molecule has 13 heteroatoms. The largest absolute Gasteiger partial charge is 0.481 e. The molecule has 2 heterocycles. The van der Waals surface area contributed by atoms with Crippen molar-refractivity contribution in [1.82, 2.24) is 20.1 Å². The summed E-state index contributed by atoms with van der Waals surface area (Å²) in [7, 11) is 0. The smallest absolute Gasteiger partial charge is 0.417 e. The van der Waals surface area contributed by atoms with Gasteiger partial charge < -0.3 is 20.6 Å². The lowest BCUT2D eigenvalue weighted by atomic mass is 9.95. The number of carboxylic acid groups (broad SMARTS) is 1. The predicted octanol–water partition coefficient (Wildman–Crippen LogP) is 4.00. The van der Waals surface area contributed by atoms with Crippen LogP contribution in [-0.4, -0.2) is 54.2 Å². The molecule has 2 atom stereocenters. The summed E-state index contributed by atoms with van der Waals surface area (Å²) in [5.74, 6) is -2.52. The minimum Gasteiger partial charge on any atom is -0.481 e. The summed E-state index contributed by atoms with van der Waals surface area (Å²) in [6.45, 7) is 3.50. The Morgan fingerprint density at radius 2 is 1.73 bits per heavy atom. The molecule has 1 aromatic carbocycles. The van der Waals surface area contributed by atoms with E-state index in [1.165, 1.54) is 28.9 Å². The lowest BCUT2D eigenvalue weighted by Gasteiger charge is -2.16. The van der Waals surface area contributed by atoms with Crippen LogP contribution in [0.1, 0.15) is 72.0 Å². The molecule has 9 nitrogen and oxygen atoms in total. The van der Waals surface area contributed by atoms with Crippen molar-refractivity contribution in [3.05, 3.63) is 76.6 Å². The fourth-order valence-electron chi connectivity index (χ4n) is 4.25. The van der Waals surface area contributed by atoms with E-state index < -0.39 is 48.1 Å². The number of rotatable bonds is 12. The standard InChI is InChI=1S/C27H30F4N4O5/c1-15(2)24-22(10-9-20(36)11-21(37)12-23(38)39)35(19-7-4-17(28)5-8-19)34-25(24)26(40)33-14-18-6-3-16(13-32-18)27(29,30)31/h3-8,13,15,20-21,36-37H,9-12,14H2,1-2H3,(H,33,40)(H,38,39)/t20-,21-/m1/s1. The molecule has 0 bridgehead atoms. The number of aliphatic hydroxyl groups is 2. The first-order valence-corrected chi connectivity index (χ1v) is 12.5. The van der Waals surface area contributed by atoms with Gasteiger partial charge in [-0.1, -0.05) is 13.8 Å². The number of nitrogens with one attached hydrogen (secondary N) is 1. The molecule has 0 aliphatic rings. The molecule has 4 N–H and O–H groups in total. The van der Waals surface area contributed by atoms with Crippen LogP contribution in [0.2, 0.25) is 0 Å². The van der Waals surface area contributed by atoms with E-state index in [4.69, 9.17) is 5.11 Å². The SMILES string of the molecule is CC(C)c1c(C(=O)NCc2ccc(C(F)(F)F)cn2)nn(-c2ccc(F)cc2)c1CC[C@@H](O)C[C@@H](O)CC(=O)O. The number of amides is 1. The minimum absolute atomic E-state index is 0.0432. The second-order valence-corrected chi connectivity index (χ2v) is 9.65. The predicted molar refractivity (Wildman–Crippen MR) is 135 cm³/mol. The Bertz CT molecular complexity index is 1310. The highest BCUT2D eigenvalue weighted by Gasteiger charge is 2.31. The number of hydrogen-bond acceptors (Lipinski definition) is 6. The lowest BCUT2D eigenvalue weighted by Crippen LogP contribution is -2.25. The number of hydrogen-bond donors (Lipinski definition) is 4. The van der Waals surface area contributed by atoms with Gasteiger partial charge in [0.05, 0.1) is 42.1 Å². The first kappa shape index (κ1) is 30.7. The number of carbonyl (C=O) groups is 2. The molecule has 0 aliphatic carbocycles. The normalized spacial score (nSPS) is 13.3. The second-order valence-electron chi connectivity index (χ2n) is 9.65. The first-order valence-electron chi connectivity index (χ1n) is 12.5. The summed E-state index contributed by atoms with van der Waals surface area (Å²) in [4.78, 5) is 27.8. The van der Waals surface area contributed by atoms with Crippen LogP contribution in [0.15, 0.2) is 42.6 Å². The molecule has 0 saturated heterocycles. The van der Waals surface area contributed by atoms with Crippen molar-refractivity contribution in [2.24, 2.45) is 0 Å². The van der Waals surface area contributed by atoms with Crippen LogP contribution in [0, 0.1) is 5.82 Å². The molecule has 0 saturated carbocycles. The molecule has 40 heavy (non-hydrogen) atoms. The molecule has 0 fully saturated rings. The van der Waals surface area contributed by atoms with E-state index in [0.717, 1.165) is 12.1 Å². The van der Waals surface area contributed by atoms with E-state index in [9.17, 15) is 37.4 Å². The van der Waals surface area contributed by atoms with Crippen LogP contribution < -0.4 is 5.32 Å².